The maximum Gasteiger partial charge on any atom is 0.328 e. The summed E-state index contributed by atoms with van der Waals surface area (Å²) in [6, 6.07) is -0.440. The minimum Gasteiger partial charge on any atom is -0.464 e. The van der Waals surface area contributed by atoms with Crippen molar-refractivity contribution in [2.24, 2.45) is 0 Å². The zero-order chi connectivity index (χ0) is 13.2. The number of aldehydes is 1. The van der Waals surface area contributed by atoms with Gasteiger partial charge in [-0.25, -0.2) is 4.79 Å². The average Bonchev–Trinajstić information content (AvgIpc) is 2.74. The van der Waals surface area contributed by atoms with Gasteiger partial charge in [0.15, 0.2) is 0 Å². The van der Waals surface area contributed by atoms with Crippen LogP contribution in [0.25, 0.3) is 0 Å². The van der Waals surface area contributed by atoms with Crippen molar-refractivity contribution >= 4 is 18.2 Å². The smallest absolute Gasteiger partial charge is 0.328 e. The van der Waals surface area contributed by atoms with Gasteiger partial charge in [0.25, 0.3) is 0 Å². The number of nitrogens with one attached hydrogen (secondary N) is 1. The summed E-state index contributed by atoms with van der Waals surface area (Å²) < 4.78 is 4.76. The zero-order valence-electron chi connectivity index (χ0n) is 10.7. The molecule has 1 fully saturated rings. The van der Waals surface area contributed by atoms with E-state index < -0.39 is 6.04 Å². The highest BCUT2D eigenvalue weighted by molar-refractivity contribution is 5.85. The molecule has 1 amide bonds. The lowest BCUT2D eigenvalue weighted by molar-refractivity contribution is -0.141. The topological polar surface area (TPSA) is 72.5 Å². The van der Waals surface area contributed by atoms with Crippen LogP contribution >= 0.6 is 0 Å². The third-order valence-electron chi connectivity index (χ3n) is 3.00. The summed E-state index contributed by atoms with van der Waals surface area (Å²) in [6.45, 7) is 0.403. The molecule has 0 unspecified atom stereocenters. The maximum absolute atomic E-state index is 11.5. The van der Waals surface area contributed by atoms with E-state index in [1.807, 2.05) is 0 Å². The second-order valence-electron chi connectivity index (χ2n) is 4.55. The lowest BCUT2D eigenvalue weighted by atomic mass is 10.1. The second-order valence-corrected chi connectivity index (χ2v) is 4.55. The molecule has 0 spiro atoms. The number of cyclic esters (lactones) is 1. The summed E-state index contributed by atoms with van der Waals surface area (Å²) in [6.07, 6.45) is 7.44. The fraction of sp³-hybridized carbons (Fsp3) is 0.769. The molecule has 1 N–H and O–H groups in total. The van der Waals surface area contributed by atoms with Gasteiger partial charge < -0.3 is 14.8 Å². The van der Waals surface area contributed by atoms with Crippen LogP contribution in [0.3, 0.4) is 0 Å². The summed E-state index contributed by atoms with van der Waals surface area (Å²) in [4.78, 5) is 32.7. The van der Waals surface area contributed by atoms with Gasteiger partial charge in [-0.15, -0.1) is 0 Å². The Hall–Kier alpha value is -1.39. The fourth-order valence-corrected chi connectivity index (χ4v) is 1.94. The highest BCUT2D eigenvalue weighted by Crippen LogP contribution is 2.08. The Morgan fingerprint density at radius 1 is 1.28 bits per heavy atom. The maximum atomic E-state index is 11.5. The van der Waals surface area contributed by atoms with E-state index in [4.69, 9.17) is 4.74 Å². The number of esters is 1. The molecule has 0 bridgehead atoms. The Labute approximate surface area is 107 Å². The molecule has 18 heavy (non-hydrogen) atoms. The van der Waals surface area contributed by atoms with E-state index >= 15 is 0 Å². The molecule has 0 aromatic heterocycles. The number of carbonyl (C=O) groups is 3. The van der Waals surface area contributed by atoms with Crippen LogP contribution < -0.4 is 5.32 Å². The third kappa shape index (κ3) is 5.80. The summed E-state index contributed by atoms with van der Waals surface area (Å²) in [5.41, 5.74) is 0. The molecule has 0 aromatic carbocycles. The molecule has 1 aliphatic heterocycles. The molecule has 5 heteroatoms. The number of ether oxygens (including phenoxy) is 1. The molecular weight excluding hydrogens is 234 g/mol. The van der Waals surface area contributed by atoms with Crippen LogP contribution in [-0.2, 0) is 19.1 Å². The van der Waals surface area contributed by atoms with E-state index in [2.05, 4.69) is 5.32 Å². The molecule has 1 saturated heterocycles. The van der Waals surface area contributed by atoms with Crippen LogP contribution in [0, 0.1) is 0 Å². The second kappa shape index (κ2) is 8.66. The SMILES string of the molecule is O=CCCCCCCCC(=O)N[C@H]1CCOC1=O. The number of hydrogen-bond donors (Lipinski definition) is 1. The summed E-state index contributed by atoms with van der Waals surface area (Å²) in [5, 5.41) is 2.68. The van der Waals surface area contributed by atoms with E-state index in [1.165, 1.54) is 0 Å². The van der Waals surface area contributed by atoms with Crippen molar-refractivity contribution in [3.8, 4) is 0 Å². The summed E-state index contributed by atoms with van der Waals surface area (Å²) in [7, 11) is 0. The lowest BCUT2D eigenvalue weighted by Gasteiger charge is -2.08. The molecule has 1 atom stereocenters. The Bertz CT molecular complexity index is 291. The minimum atomic E-state index is -0.440. The number of carbonyl (C=O) groups excluding carboxylic acids is 3. The van der Waals surface area contributed by atoms with Crippen molar-refractivity contribution in [1.82, 2.24) is 5.32 Å². The van der Waals surface area contributed by atoms with Crippen molar-refractivity contribution in [2.75, 3.05) is 6.61 Å². The van der Waals surface area contributed by atoms with E-state index in [1.54, 1.807) is 0 Å². The standard InChI is InChI=1S/C13H21NO4/c15-9-6-4-2-1-3-5-7-12(16)14-11-8-10-18-13(11)17/h9,11H,1-8,10H2,(H,14,16)/t11-/m0/s1. The first-order chi connectivity index (χ1) is 8.74. The van der Waals surface area contributed by atoms with E-state index in [-0.39, 0.29) is 11.9 Å². The lowest BCUT2D eigenvalue weighted by Crippen LogP contribution is -2.37. The van der Waals surface area contributed by atoms with Gasteiger partial charge in [-0.3, -0.25) is 4.79 Å². The Balaban J connectivity index is 1.96. The quantitative estimate of drug-likeness (QED) is 0.383. The number of rotatable bonds is 9. The first-order valence-electron chi connectivity index (χ1n) is 6.63. The van der Waals surface area contributed by atoms with Crippen LogP contribution in [-0.4, -0.2) is 30.8 Å². The van der Waals surface area contributed by atoms with Crippen molar-refractivity contribution in [3.63, 3.8) is 0 Å². The minimum absolute atomic E-state index is 0.0771. The van der Waals surface area contributed by atoms with Gasteiger partial charge >= 0.3 is 5.97 Å². The van der Waals surface area contributed by atoms with Crippen molar-refractivity contribution in [1.29, 1.82) is 0 Å². The van der Waals surface area contributed by atoms with Crippen molar-refractivity contribution in [2.45, 2.75) is 57.4 Å². The third-order valence-corrected chi connectivity index (χ3v) is 3.00. The molecular formula is C13H21NO4. The number of unbranched alkanes of at least 4 members (excludes halogenated alkanes) is 5. The van der Waals surface area contributed by atoms with Gasteiger partial charge in [0, 0.05) is 19.3 Å². The largest absolute Gasteiger partial charge is 0.464 e. The molecule has 102 valence electrons. The predicted molar refractivity (Wildman–Crippen MR) is 65.9 cm³/mol. The van der Waals surface area contributed by atoms with Crippen LogP contribution in [0.4, 0.5) is 0 Å². The zero-order valence-corrected chi connectivity index (χ0v) is 10.7. The van der Waals surface area contributed by atoms with Crippen LogP contribution in [0.15, 0.2) is 0 Å². The molecule has 5 nitrogen and oxygen atoms in total. The van der Waals surface area contributed by atoms with E-state index in [9.17, 15) is 14.4 Å². The molecule has 1 aliphatic rings. The highest BCUT2D eigenvalue weighted by atomic mass is 16.5. The van der Waals surface area contributed by atoms with Gasteiger partial charge in [-0.1, -0.05) is 19.3 Å². The Morgan fingerprint density at radius 3 is 2.67 bits per heavy atom. The van der Waals surface area contributed by atoms with Crippen LogP contribution in [0.5, 0.6) is 0 Å². The molecule has 0 aliphatic carbocycles. The first kappa shape index (κ1) is 14.7. The monoisotopic (exact) mass is 255 g/mol. The predicted octanol–water partition coefficient (Wildman–Crippen LogP) is 1.35. The van der Waals surface area contributed by atoms with Crippen LogP contribution in [0.1, 0.15) is 51.4 Å². The van der Waals surface area contributed by atoms with Crippen molar-refractivity contribution in [3.05, 3.63) is 0 Å². The Kier molecular flexibility index (Phi) is 7.06. The van der Waals surface area contributed by atoms with Gasteiger partial charge in [0.1, 0.15) is 12.3 Å². The average molecular weight is 255 g/mol. The molecule has 1 heterocycles. The molecule has 0 aromatic rings. The van der Waals surface area contributed by atoms with Gasteiger partial charge in [-0.05, 0) is 12.8 Å². The number of amides is 1. The van der Waals surface area contributed by atoms with Gasteiger partial charge in [0.2, 0.25) is 5.91 Å². The fourth-order valence-electron chi connectivity index (χ4n) is 1.94. The highest BCUT2D eigenvalue weighted by Gasteiger charge is 2.27. The first-order valence-corrected chi connectivity index (χ1v) is 6.63. The molecule has 0 saturated carbocycles. The van der Waals surface area contributed by atoms with Crippen LogP contribution in [0.2, 0.25) is 0 Å². The van der Waals surface area contributed by atoms with E-state index in [0.29, 0.717) is 25.9 Å². The Morgan fingerprint density at radius 2 is 2.00 bits per heavy atom. The summed E-state index contributed by atoms with van der Waals surface area (Å²) in [5.74, 6) is -0.399. The van der Waals surface area contributed by atoms with Crippen molar-refractivity contribution < 1.29 is 19.1 Å². The molecule has 1 rings (SSSR count). The van der Waals surface area contributed by atoms with Gasteiger partial charge in [-0.2, -0.15) is 0 Å². The normalized spacial score (nSPS) is 18.4. The van der Waals surface area contributed by atoms with Gasteiger partial charge in [0.05, 0.1) is 6.61 Å². The number of hydrogen-bond acceptors (Lipinski definition) is 4. The molecule has 0 radical (unpaired) electrons. The van der Waals surface area contributed by atoms with E-state index in [0.717, 1.165) is 38.4 Å². The summed E-state index contributed by atoms with van der Waals surface area (Å²) >= 11 is 0.